The number of hydrogen-bond acceptors (Lipinski definition) is 3. The molecule has 4 nitrogen and oxygen atoms in total. The Hall–Kier alpha value is -2.07. The Morgan fingerprint density at radius 3 is 2.59 bits per heavy atom. The Balaban J connectivity index is 2.01. The van der Waals surface area contributed by atoms with Crippen molar-refractivity contribution < 1.29 is 9.21 Å². The van der Waals surface area contributed by atoms with Gasteiger partial charge in [0.1, 0.15) is 0 Å². The van der Waals surface area contributed by atoms with Gasteiger partial charge in [0, 0.05) is 5.69 Å². The molecule has 0 bridgehead atoms. The van der Waals surface area contributed by atoms with Crippen LogP contribution in [0.2, 0.25) is 0 Å². The third-order valence-corrected chi connectivity index (χ3v) is 2.39. The van der Waals surface area contributed by atoms with Crippen molar-refractivity contribution in [3.63, 3.8) is 0 Å². The molecule has 88 valence electrons. The van der Waals surface area contributed by atoms with Gasteiger partial charge in [-0.2, -0.15) is 0 Å². The molecule has 0 radical (unpaired) electrons. The van der Waals surface area contributed by atoms with Crippen molar-refractivity contribution in [2.75, 3.05) is 11.9 Å². The molecule has 1 amide bonds. The highest BCUT2D eigenvalue weighted by atomic mass is 16.3. The highest BCUT2D eigenvalue weighted by molar-refractivity contribution is 6.02. The van der Waals surface area contributed by atoms with Gasteiger partial charge >= 0.3 is 0 Å². The lowest BCUT2D eigenvalue weighted by Gasteiger charge is -2.04. The molecule has 0 aliphatic heterocycles. The fourth-order valence-corrected chi connectivity index (χ4v) is 1.52. The first-order valence-corrected chi connectivity index (χ1v) is 5.43. The van der Waals surface area contributed by atoms with Crippen LogP contribution in [0.1, 0.15) is 16.1 Å². The number of nitrogens with two attached hydrogens (primary N) is 1. The molecule has 17 heavy (non-hydrogen) atoms. The molecule has 0 fully saturated rings. The Morgan fingerprint density at radius 1 is 1.24 bits per heavy atom. The van der Waals surface area contributed by atoms with Gasteiger partial charge in [0.15, 0.2) is 5.76 Å². The summed E-state index contributed by atoms with van der Waals surface area (Å²) in [6.07, 6.45) is 2.31. The van der Waals surface area contributed by atoms with Crippen LogP contribution < -0.4 is 11.1 Å². The van der Waals surface area contributed by atoms with Crippen molar-refractivity contribution >= 4 is 11.6 Å². The van der Waals surface area contributed by atoms with Crippen LogP contribution in [0.4, 0.5) is 5.69 Å². The van der Waals surface area contributed by atoms with E-state index in [9.17, 15) is 4.79 Å². The second kappa shape index (κ2) is 5.32. The van der Waals surface area contributed by atoms with Gasteiger partial charge in [0.25, 0.3) is 5.91 Å². The quantitative estimate of drug-likeness (QED) is 0.844. The first-order valence-electron chi connectivity index (χ1n) is 5.43. The summed E-state index contributed by atoms with van der Waals surface area (Å²) in [5.74, 6) is 0.0533. The predicted octanol–water partition coefficient (Wildman–Crippen LogP) is 2.03. The highest BCUT2D eigenvalue weighted by Gasteiger charge is 2.07. The number of amides is 1. The maximum Gasteiger partial charge on any atom is 0.291 e. The van der Waals surface area contributed by atoms with E-state index < -0.39 is 0 Å². The van der Waals surface area contributed by atoms with E-state index in [1.54, 1.807) is 12.1 Å². The van der Waals surface area contributed by atoms with Crippen LogP contribution in [0, 0.1) is 0 Å². The largest absolute Gasteiger partial charge is 0.459 e. The summed E-state index contributed by atoms with van der Waals surface area (Å²) < 4.78 is 5.00. The fourth-order valence-electron chi connectivity index (χ4n) is 1.52. The Kier molecular flexibility index (Phi) is 3.57. The van der Waals surface area contributed by atoms with E-state index in [0.29, 0.717) is 12.3 Å². The zero-order chi connectivity index (χ0) is 12.1. The summed E-state index contributed by atoms with van der Waals surface area (Å²) in [7, 11) is 0. The van der Waals surface area contributed by atoms with E-state index in [2.05, 4.69) is 5.32 Å². The van der Waals surface area contributed by atoms with Crippen molar-refractivity contribution in [3.05, 3.63) is 54.0 Å². The second-order valence-electron chi connectivity index (χ2n) is 3.67. The molecule has 0 spiro atoms. The lowest BCUT2D eigenvalue weighted by Crippen LogP contribution is -2.10. The maximum absolute atomic E-state index is 11.7. The summed E-state index contributed by atoms with van der Waals surface area (Å²) in [5.41, 5.74) is 7.36. The lowest BCUT2D eigenvalue weighted by atomic mass is 10.1. The van der Waals surface area contributed by atoms with Gasteiger partial charge in [0.2, 0.25) is 0 Å². The number of anilines is 1. The molecule has 4 heteroatoms. The minimum absolute atomic E-state index is 0.249. The standard InChI is InChI=1S/C13H14N2O2/c14-8-7-10-3-5-11(6-4-10)15-13(16)12-2-1-9-17-12/h1-6,9H,7-8,14H2,(H,15,16). The first-order chi connectivity index (χ1) is 8.29. The van der Waals surface area contributed by atoms with Crippen molar-refractivity contribution in [2.24, 2.45) is 5.73 Å². The average molecular weight is 230 g/mol. The zero-order valence-electron chi connectivity index (χ0n) is 9.35. The molecule has 0 saturated carbocycles. The Labute approximate surface area is 99.4 Å². The number of carbonyl (C=O) groups is 1. The zero-order valence-corrected chi connectivity index (χ0v) is 9.35. The van der Waals surface area contributed by atoms with Gasteiger partial charge in [-0.1, -0.05) is 12.1 Å². The third-order valence-electron chi connectivity index (χ3n) is 2.39. The Morgan fingerprint density at radius 2 is 2.00 bits per heavy atom. The highest BCUT2D eigenvalue weighted by Crippen LogP contribution is 2.11. The predicted molar refractivity (Wildman–Crippen MR) is 65.9 cm³/mol. The number of rotatable bonds is 4. The molecule has 1 aromatic carbocycles. The summed E-state index contributed by atoms with van der Waals surface area (Å²) in [6, 6.07) is 10.9. The SMILES string of the molecule is NCCc1ccc(NC(=O)c2ccco2)cc1. The van der Waals surface area contributed by atoms with Crippen molar-refractivity contribution in [3.8, 4) is 0 Å². The topological polar surface area (TPSA) is 68.3 Å². The minimum Gasteiger partial charge on any atom is -0.459 e. The molecule has 3 N–H and O–H groups in total. The van der Waals surface area contributed by atoms with Crippen LogP contribution in [0.15, 0.2) is 47.1 Å². The van der Waals surface area contributed by atoms with E-state index in [-0.39, 0.29) is 5.91 Å². The van der Waals surface area contributed by atoms with E-state index in [0.717, 1.165) is 17.7 Å². The van der Waals surface area contributed by atoms with Crippen LogP contribution in [0.3, 0.4) is 0 Å². The number of carbonyl (C=O) groups excluding carboxylic acids is 1. The van der Waals surface area contributed by atoms with E-state index in [1.807, 2.05) is 24.3 Å². The summed E-state index contributed by atoms with van der Waals surface area (Å²) >= 11 is 0. The molecule has 0 unspecified atom stereocenters. The number of nitrogens with one attached hydrogen (secondary N) is 1. The van der Waals surface area contributed by atoms with Gasteiger partial charge in [-0.05, 0) is 42.8 Å². The molecule has 0 aliphatic rings. The van der Waals surface area contributed by atoms with Gasteiger partial charge in [-0.25, -0.2) is 0 Å². The average Bonchev–Trinajstić information content (AvgIpc) is 2.86. The molecule has 2 aromatic rings. The monoisotopic (exact) mass is 230 g/mol. The normalized spacial score (nSPS) is 10.2. The summed E-state index contributed by atoms with van der Waals surface area (Å²) in [6.45, 7) is 0.623. The minimum atomic E-state index is -0.249. The molecule has 1 aromatic heterocycles. The van der Waals surface area contributed by atoms with E-state index in [1.165, 1.54) is 6.26 Å². The molecule has 0 atom stereocenters. The smallest absolute Gasteiger partial charge is 0.291 e. The number of benzene rings is 1. The second-order valence-corrected chi connectivity index (χ2v) is 3.67. The van der Waals surface area contributed by atoms with Gasteiger partial charge < -0.3 is 15.5 Å². The summed E-state index contributed by atoms with van der Waals surface area (Å²) in [5, 5.41) is 2.75. The van der Waals surface area contributed by atoms with Crippen LogP contribution in [-0.2, 0) is 6.42 Å². The van der Waals surface area contributed by atoms with Crippen molar-refractivity contribution in [1.29, 1.82) is 0 Å². The van der Waals surface area contributed by atoms with Gasteiger partial charge in [-0.15, -0.1) is 0 Å². The maximum atomic E-state index is 11.7. The van der Waals surface area contributed by atoms with Gasteiger partial charge in [-0.3, -0.25) is 4.79 Å². The van der Waals surface area contributed by atoms with Crippen LogP contribution in [-0.4, -0.2) is 12.5 Å². The lowest BCUT2D eigenvalue weighted by molar-refractivity contribution is 0.0996. The molecule has 0 saturated heterocycles. The van der Waals surface area contributed by atoms with E-state index in [4.69, 9.17) is 10.2 Å². The van der Waals surface area contributed by atoms with Crippen molar-refractivity contribution in [1.82, 2.24) is 0 Å². The number of furan rings is 1. The third kappa shape index (κ3) is 2.95. The fraction of sp³-hybridized carbons (Fsp3) is 0.154. The summed E-state index contributed by atoms with van der Waals surface area (Å²) in [4.78, 5) is 11.7. The van der Waals surface area contributed by atoms with E-state index >= 15 is 0 Å². The number of hydrogen-bond donors (Lipinski definition) is 2. The first kappa shape index (κ1) is 11.4. The van der Waals surface area contributed by atoms with Crippen LogP contribution in [0.5, 0.6) is 0 Å². The molecule has 0 aliphatic carbocycles. The molecule has 2 rings (SSSR count). The molecular formula is C13H14N2O2. The Bertz CT molecular complexity index is 475. The van der Waals surface area contributed by atoms with Gasteiger partial charge in [0.05, 0.1) is 6.26 Å². The van der Waals surface area contributed by atoms with Crippen LogP contribution >= 0.6 is 0 Å². The van der Waals surface area contributed by atoms with Crippen molar-refractivity contribution in [2.45, 2.75) is 6.42 Å². The molecular weight excluding hydrogens is 216 g/mol. The van der Waals surface area contributed by atoms with Crippen LogP contribution in [0.25, 0.3) is 0 Å². The molecule has 1 heterocycles.